The van der Waals surface area contributed by atoms with Crippen LogP contribution in [0.4, 0.5) is 8.78 Å². The topological polar surface area (TPSA) is 65.5 Å². The number of nitrogens with zero attached hydrogens (tertiary/aromatic N) is 1. The molecule has 0 atom stereocenters. The molecule has 0 aliphatic carbocycles. The third-order valence-corrected chi connectivity index (χ3v) is 7.52. The summed E-state index contributed by atoms with van der Waals surface area (Å²) in [4.78, 5) is 3.48. The second kappa shape index (κ2) is 7.30. The van der Waals surface area contributed by atoms with Crippen molar-refractivity contribution in [1.82, 2.24) is 4.98 Å². The zero-order chi connectivity index (χ0) is 21.8. The Hall–Kier alpha value is -1.55. The summed E-state index contributed by atoms with van der Waals surface area (Å²) in [5.74, 6) is -2.62. The lowest BCUT2D eigenvalue weighted by atomic mass is 9.76. The molecule has 2 aromatic rings. The molecule has 10 heteroatoms. The van der Waals surface area contributed by atoms with Gasteiger partial charge < -0.3 is 9.31 Å². The minimum Gasteiger partial charge on any atom is -0.399 e. The average Bonchev–Trinajstić information content (AvgIpc) is 2.78. The average molecular weight is 444 g/mol. The lowest BCUT2D eigenvalue weighted by molar-refractivity contribution is 0.00578. The van der Waals surface area contributed by atoms with Crippen LogP contribution in [0.2, 0.25) is 5.15 Å². The van der Waals surface area contributed by atoms with Crippen molar-refractivity contribution in [2.24, 2.45) is 0 Å². The number of hydrogen-bond acceptors (Lipinski definition) is 5. The Morgan fingerprint density at radius 2 is 1.72 bits per heavy atom. The molecule has 1 aliphatic rings. The van der Waals surface area contributed by atoms with Gasteiger partial charge in [-0.25, -0.2) is 22.2 Å². The first kappa shape index (κ1) is 22.1. The summed E-state index contributed by atoms with van der Waals surface area (Å²) < 4.78 is 64.7. The minimum absolute atomic E-state index is 0.0196. The van der Waals surface area contributed by atoms with Crippen molar-refractivity contribution in [3.63, 3.8) is 0 Å². The number of sulfone groups is 1. The van der Waals surface area contributed by atoms with Gasteiger partial charge in [0.2, 0.25) is 0 Å². The van der Waals surface area contributed by atoms with Crippen LogP contribution >= 0.6 is 11.6 Å². The maximum absolute atomic E-state index is 14.0. The van der Waals surface area contributed by atoms with Gasteiger partial charge in [-0.3, -0.25) is 0 Å². The molecular weight excluding hydrogens is 423 g/mol. The fraction of sp³-hybridized carbons (Fsp3) is 0.421. The van der Waals surface area contributed by atoms with Crippen LogP contribution in [0.3, 0.4) is 0 Å². The van der Waals surface area contributed by atoms with Crippen molar-refractivity contribution in [2.75, 3.05) is 0 Å². The molecule has 1 aliphatic heterocycles. The molecule has 0 N–H and O–H groups in total. The Bertz CT molecular complexity index is 1060. The van der Waals surface area contributed by atoms with E-state index in [1.165, 1.54) is 6.20 Å². The maximum Gasteiger partial charge on any atom is 0.496 e. The lowest BCUT2D eigenvalue weighted by Crippen LogP contribution is -2.41. The van der Waals surface area contributed by atoms with Crippen LogP contribution in [-0.4, -0.2) is 31.7 Å². The van der Waals surface area contributed by atoms with Crippen molar-refractivity contribution in [2.45, 2.75) is 56.5 Å². The van der Waals surface area contributed by atoms with Gasteiger partial charge in [0, 0.05) is 23.3 Å². The first-order chi connectivity index (χ1) is 13.2. The molecule has 29 heavy (non-hydrogen) atoms. The normalized spacial score (nSPS) is 18.3. The van der Waals surface area contributed by atoms with Crippen molar-refractivity contribution in [3.8, 4) is 0 Å². The maximum atomic E-state index is 14.0. The molecule has 0 saturated carbocycles. The smallest absolute Gasteiger partial charge is 0.399 e. The molecular formula is C19H21BClF2NO4S. The van der Waals surface area contributed by atoms with E-state index in [-0.39, 0.29) is 10.7 Å². The fourth-order valence-electron chi connectivity index (χ4n) is 3.00. The highest BCUT2D eigenvalue weighted by molar-refractivity contribution is 7.90. The van der Waals surface area contributed by atoms with E-state index in [0.717, 1.165) is 12.1 Å². The molecule has 1 aromatic heterocycles. The predicted molar refractivity (Wildman–Crippen MR) is 107 cm³/mol. The Kier molecular flexibility index (Phi) is 5.58. The highest BCUT2D eigenvalue weighted by Crippen LogP contribution is 2.37. The molecule has 1 aromatic carbocycles. The van der Waals surface area contributed by atoms with Crippen LogP contribution in [0.15, 0.2) is 29.3 Å². The summed E-state index contributed by atoms with van der Waals surface area (Å²) in [6.45, 7) is 9.27. The summed E-state index contributed by atoms with van der Waals surface area (Å²) in [7, 11) is -4.90. The molecule has 0 radical (unpaired) electrons. The monoisotopic (exact) mass is 443 g/mol. The van der Waals surface area contributed by atoms with E-state index in [1.54, 1.807) is 6.92 Å². The second-order valence-electron chi connectivity index (χ2n) is 8.03. The second-order valence-corrected chi connectivity index (χ2v) is 10.3. The van der Waals surface area contributed by atoms with Crippen molar-refractivity contribution < 1.29 is 26.5 Å². The van der Waals surface area contributed by atoms with Crippen molar-refractivity contribution in [1.29, 1.82) is 0 Å². The standard InChI is InChI=1S/C19H21BClF2NO4S/c1-11-13(10-29(25,26)16-7-6-12(22)8-15(16)23)17(21)24-9-14(11)20-27-18(2,3)19(4,5)28-20/h6-9H,10H2,1-5H3. The summed E-state index contributed by atoms with van der Waals surface area (Å²) in [6.07, 6.45) is 1.48. The Labute approximate surface area is 174 Å². The van der Waals surface area contributed by atoms with E-state index in [0.29, 0.717) is 17.1 Å². The molecule has 1 saturated heterocycles. The van der Waals surface area contributed by atoms with Gasteiger partial charge >= 0.3 is 7.12 Å². The molecule has 156 valence electrons. The van der Waals surface area contributed by atoms with E-state index in [4.69, 9.17) is 20.9 Å². The summed E-state index contributed by atoms with van der Waals surface area (Å²) in [5.41, 5.74) is 0.0931. The minimum atomic E-state index is -4.14. The van der Waals surface area contributed by atoms with Crippen LogP contribution in [0.25, 0.3) is 0 Å². The molecule has 0 spiro atoms. The Morgan fingerprint density at radius 1 is 1.14 bits per heavy atom. The van der Waals surface area contributed by atoms with Crippen LogP contribution < -0.4 is 5.46 Å². The van der Waals surface area contributed by atoms with Gasteiger partial charge in [0.1, 0.15) is 21.7 Å². The van der Waals surface area contributed by atoms with Gasteiger partial charge in [0.25, 0.3) is 0 Å². The van der Waals surface area contributed by atoms with E-state index < -0.39 is 50.4 Å². The highest BCUT2D eigenvalue weighted by Gasteiger charge is 2.52. The van der Waals surface area contributed by atoms with E-state index >= 15 is 0 Å². The quantitative estimate of drug-likeness (QED) is 0.410. The number of hydrogen-bond donors (Lipinski definition) is 0. The SMILES string of the molecule is Cc1c(B2OC(C)(C)C(C)(C)O2)cnc(Cl)c1CS(=O)(=O)c1ccc(F)cc1F. The third kappa shape index (κ3) is 4.06. The largest absolute Gasteiger partial charge is 0.496 e. The highest BCUT2D eigenvalue weighted by atomic mass is 35.5. The van der Waals surface area contributed by atoms with Gasteiger partial charge in [0.15, 0.2) is 9.84 Å². The van der Waals surface area contributed by atoms with Crippen molar-refractivity contribution >= 4 is 34.0 Å². The van der Waals surface area contributed by atoms with Crippen LogP contribution in [-0.2, 0) is 24.9 Å². The van der Waals surface area contributed by atoms with Crippen LogP contribution in [0.1, 0.15) is 38.8 Å². The zero-order valence-electron chi connectivity index (χ0n) is 16.7. The molecule has 2 heterocycles. The van der Waals surface area contributed by atoms with E-state index in [9.17, 15) is 17.2 Å². The molecule has 1 fully saturated rings. The number of benzene rings is 1. The van der Waals surface area contributed by atoms with E-state index in [1.807, 2.05) is 27.7 Å². The van der Waals surface area contributed by atoms with Crippen LogP contribution in [0, 0.1) is 18.6 Å². The predicted octanol–water partition coefficient (Wildman–Crippen LogP) is 3.59. The molecule has 0 amide bonds. The van der Waals surface area contributed by atoms with Crippen LogP contribution in [0.5, 0.6) is 0 Å². The number of pyridine rings is 1. The number of halogens is 3. The summed E-state index contributed by atoms with van der Waals surface area (Å²) in [5, 5.41) is -0.0196. The Morgan fingerprint density at radius 3 is 2.28 bits per heavy atom. The molecule has 0 unspecified atom stereocenters. The van der Waals surface area contributed by atoms with Crippen molar-refractivity contribution in [3.05, 3.63) is 52.3 Å². The molecule has 3 rings (SSSR count). The van der Waals surface area contributed by atoms with Gasteiger partial charge in [-0.2, -0.15) is 0 Å². The zero-order valence-corrected chi connectivity index (χ0v) is 18.3. The fourth-order valence-corrected chi connectivity index (χ4v) is 4.86. The Balaban J connectivity index is 2.00. The van der Waals surface area contributed by atoms with Gasteiger partial charge in [-0.15, -0.1) is 0 Å². The number of rotatable bonds is 4. The number of aromatic nitrogens is 1. The van der Waals surface area contributed by atoms with E-state index in [2.05, 4.69) is 4.98 Å². The van der Waals surface area contributed by atoms with Gasteiger partial charge in [-0.1, -0.05) is 11.6 Å². The van der Waals surface area contributed by atoms with Gasteiger partial charge in [-0.05, 0) is 52.3 Å². The lowest BCUT2D eigenvalue weighted by Gasteiger charge is -2.32. The first-order valence-electron chi connectivity index (χ1n) is 8.92. The summed E-state index contributed by atoms with van der Waals surface area (Å²) in [6, 6.07) is 2.32. The molecule has 5 nitrogen and oxygen atoms in total. The summed E-state index contributed by atoms with van der Waals surface area (Å²) >= 11 is 6.17. The molecule has 0 bridgehead atoms. The first-order valence-corrected chi connectivity index (χ1v) is 11.0. The third-order valence-electron chi connectivity index (χ3n) is 5.52. The van der Waals surface area contributed by atoms with Gasteiger partial charge in [0.05, 0.1) is 17.0 Å².